The summed E-state index contributed by atoms with van der Waals surface area (Å²) in [5.74, 6) is -0.0318. The van der Waals surface area contributed by atoms with E-state index in [1.54, 1.807) is 13.8 Å². The van der Waals surface area contributed by atoms with Crippen LogP contribution in [0.15, 0.2) is 54.6 Å². The summed E-state index contributed by atoms with van der Waals surface area (Å²) in [6, 6.07) is 17.6. The van der Waals surface area contributed by atoms with Crippen molar-refractivity contribution in [3.8, 4) is 5.75 Å². The van der Waals surface area contributed by atoms with Crippen LogP contribution in [0.4, 0.5) is 0 Å². The van der Waals surface area contributed by atoms with Crippen LogP contribution in [0, 0.1) is 5.41 Å². The van der Waals surface area contributed by atoms with E-state index in [1.165, 1.54) is 0 Å². The Bertz CT molecular complexity index is 603. The first-order chi connectivity index (χ1) is 9.97. The maximum absolute atomic E-state index is 11.2. The van der Waals surface area contributed by atoms with Gasteiger partial charge in [0.15, 0.2) is 0 Å². The summed E-state index contributed by atoms with van der Waals surface area (Å²) in [6.45, 7) is 3.96. The van der Waals surface area contributed by atoms with Crippen molar-refractivity contribution in [1.29, 1.82) is 0 Å². The van der Waals surface area contributed by atoms with E-state index in [2.05, 4.69) is 0 Å². The van der Waals surface area contributed by atoms with Crippen molar-refractivity contribution < 1.29 is 14.6 Å². The minimum absolute atomic E-state index is 0.477. The van der Waals surface area contributed by atoms with Gasteiger partial charge in [0.1, 0.15) is 12.4 Å². The molecule has 3 nitrogen and oxygen atoms in total. The summed E-state index contributed by atoms with van der Waals surface area (Å²) >= 11 is 0. The first kappa shape index (κ1) is 15.1. The molecule has 0 bridgehead atoms. The molecule has 0 unspecified atom stereocenters. The van der Waals surface area contributed by atoms with Gasteiger partial charge in [0.25, 0.3) is 0 Å². The quantitative estimate of drug-likeness (QED) is 0.874. The molecule has 0 aliphatic rings. The van der Waals surface area contributed by atoms with E-state index < -0.39 is 11.4 Å². The highest BCUT2D eigenvalue weighted by Crippen LogP contribution is 2.24. The molecular weight excluding hydrogens is 264 g/mol. The maximum Gasteiger partial charge on any atom is 0.309 e. The second-order valence-corrected chi connectivity index (χ2v) is 5.79. The zero-order valence-electron chi connectivity index (χ0n) is 12.4. The number of aliphatic carboxylic acids is 1. The molecule has 0 saturated carbocycles. The first-order valence-corrected chi connectivity index (χ1v) is 6.96. The van der Waals surface area contributed by atoms with Crippen molar-refractivity contribution in [2.75, 3.05) is 0 Å². The third-order valence-electron chi connectivity index (χ3n) is 3.37. The fourth-order valence-corrected chi connectivity index (χ4v) is 2.07. The van der Waals surface area contributed by atoms with Crippen LogP contribution in [0.1, 0.15) is 25.0 Å². The van der Waals surface area contributed by atoms with E-state index in [4.69, 9.17) is 4.74 Å². The number of hydrogen-bond donors (Lipinski definition) is 1. The van der Waals surface area contributed by atoms with E-state index in [0.29, 0.717) is 13.0 Å². The highest BCUT2D eigenvalue weighted by molar-refractivity contribution is 5.74. The number of ether oxygens (including phenoxy) is 1. The predicted octanol–water partition coefficient (Wildman–Crippen LogP) is 3.92. The molecule has 0 atom stereocenters. The average Bonchev–Trinajstić information content (AvgIpc) is 2.46. The Balaban J connectivity index is 2.03. The lowest BCUT2D eigenvalue weighted by atomic mass is 9.86. The van der Waals surface area contributed by atoms with Gasteiger partial charge in [-0.2, -0.15) is 0 Å². The number of rotatable bonds is 6. The zero-order chi connectivity index (χ0) is 15.3. The predicted molar refractivity (Wildman–Crippen MR) is 82.3 cm³/mol. The smallest absolute Gasteiger partial charge is 0.309 e. The van der Waals surface area contributed by atoms with E-state index in [-0.39, 0.29) is 0 Å². The van der Waals surface area contributed by atoms with Gasteiger partial charge in [-0.15, -0.1) is 0 Å². The van der Waals surface area contributed by atoms with Crippen molar-refractivity contribution in [2.45, 2.75) is 26.9 Å². The van der Waals surface area contributed by atoms with Crippen LogP contribution in [0.25, 0.3) is 0 Å². The van der Waals surface area contributed by atoms with Gasteiger partial charge in [0.2, 0.25) is 0 Å². The average molecular weight is 284 g/mol. The number of carboxylic acid groups (broad SMARTS) is 1. The molecule has 0 radical (unpaired) electrons. The van der Waals surface area contributed by atoms with E-state index >= 15 is 0 Å². The molecule has 1 N–H and O–H groups in total. The first-order valence-electron chi connectivity index (χ1n) is 6.96. The van der Waals surface area contributed by atoms with Crippen molar-refractivity contribution in [3.05, 3.63) is 65.7 Å². The minimum Gasteiger partial charge on any atom is -0.489 e. The second-order valence-electron chi connectivity index (χ2n) is 5.79. The van der Waals surface area contributed by atoms with Crippen LogP contribution in [-0.4, -0.2) is 11.1 Å². The van der Waals surface area contributed by atoms with Crippen molar-refractivity contribution in [3.63, 3.8) is 0 Å². The summed E-state index contributed by atoms with van der Waals surface area (Å²) < 4.78 is 5.76. The highest BCUT2D eigenvalue weighted by atomic mass is 16.5. The second kappa shape index (κ2) is 6.44. The molecule has 0 aromatic heterocycles. The van der Waals surface area contributed by atoms with Gasteiger partial charge in [-0.05, 0) is 43.5 Å². The number of carbonyl (C=O) groups is 1. The molecular formula is C18H20O3. The lowest BCUT2D eigenvalue weighted by Gasteiger charge is -2.19. The van der Waals surface area contributed by atoms with Crippen molar-refractivity contribution in [1.82, 2.24) is 0 Å². The van der Waals surface area contributed by atoms with Gasteiger partial charge in [0, 0.05) is 0 Å². The molecule has 110 valence electrons. The molecule has 0 aliphatic heterocycles. The van der Waals surface area contributed by atoms with Crippen molar-refractivity contribution >= 4 is 5.97 Å². The molecule has 0 fully saturated rings. The third-order valence-corrected chi connectivity index (χ3v) is 3.37. The van der Waals surface area contributed by atoms with Gasteiger partial charge >= 0.3 is 5.97 Å². The van der Waals surface area contributed by atoms with E-state index in [1.807, 2.05) is 54.6 Å². The minimum atomic E-state index is -0.793. The molecule has 0 amide bonds. The monoisotopic (exact) mass is 284 g/mol. The largest absolute Gasteiger partial charge is 0.489 e. The zero-order valence-corrected chi connectivity index (χ0v) is 12.4. The fraction of sp³-hybridized carbons (Fsp3) is 0.278. The van der Waals surface area contributed by atoms with Crippen LogP contribution in [0.5, 0.6) is 5.75 Å². The molecule has 0 spiro atoms. The molecule has 0 aliphatic carbocycles. The van der Waals surface area contributed by atoms with Crippen LogP contribution in [0.2, 0.25) is 0 Å². The van der Waals surface area contributed by atoms with E-state index in [0.717, 1.165) is 16.9 Å². The molecule has 3 heteroatoms. The maximum atomic E-state index is 11.2. The SMILES string of the molecule is CC(C)(Cc1cccc(OCc2ccccc2)c1)C(=O)O. The van der Waals surface area contributed by atoms with Crippen LogP contribution < -0.4 is 4.74 Å². The Labute approximate surface area is 125 Å². The van der Waals surface area contributed by atoms with Crippen molar-refractivity contribution in [2.24, 2.45) is 5.41 Å². The number of carboxylic acids is 1. The summed E-state index contributed by atoms with van der Waals surface area (Å²) in [5, 5.41) is 9.19. The lowest BCUT2D eigenvalue weighted by molar-refractivity contribution is -0.146. The van der Waals surface area contributed by atoms with Gasteiger partial charge in [0.05, 0.1) is 5.41 Å². The summed E-state index contributed by atoms with van der Waals surface area (Å²) in [7, 11) is 0. The topological polar surface area (TPSA) is 46.5 Å². The van der Waals surface area contributed by atoms with E-state index in [9.17, 15) is 9.90 Å². The van der Waals surface area contributed by atoms with Gasteiger partial charge in [-0.3, -0.25) is 4.79 Å². The molecule has 21 heavy (non-hydrogen) atoms. The Hall–Kier alpha value is -2.29. The molecule has 0 heterocycles. The fourth-order valence-electron chi connectivity index (χ4n) is 2.07. The Morgan fingerprint density at radius 2 is 1.71 bits per heavy atom. The Morgan fingerprint density at radius 3 is 2.38 bits per heavy atom. The van der Waals surface area contributed by atoms with Gasteiger partial charge < -0.3 is 9.84 Å². The Morgan fingerprint density at radius 1 is 1.05 bits per heavy atom. The lowest BCUT2D eigenvalue weighted by Crippen LogP contribution is -2.26. The summed E-state index contributed by atoms with van der Waals surface area (Å²) in [5.41, 5.74) is 1.29. The van der Waals surface area contributed by atoms with Gasteiger partial charge in [-0.1, -0.05) is 42.5 Å². The standard InChI is InChI=1S/C18H20O3/c1-18(2,17(19)20)12-15-9-6-10-16(11-15)21-13-14-7-4-3-5-8-14/h3-11H,12-13H2,1-2H3,(H,19,20). The molecule has 2 rings (SSSR count). The molecule has 0 saturated heterocycles. The van der Waals surface area contributed by atoms with Crippen LogP contribution in [-0.2, 0) is 17.8 Å². The normalized spacial score (nSPS) is 11.1. The number of hydrogen-bond acceptors (Lipinski definition) is 2. The third kappa shape index (κ3) is 4.35. The van der Waals surface area contributed by atoms with Crippen LogP contribution in [0.3, 0.4) is 0 Å². The van der Waals surface area contributed by atoms with Gasteiger partial charge in [-0.25, -0.2) is 0 Å². The summed E-state index contributed by atoms with van der Waals surface area (Å²) in [4.78, 5) is 11.2. The Kier molecular flexibility index (Phi) is 4.63. The highest BCUT2D eigenvalue weighted by Gasteiger charge is 2.27. The number of benzene rings is 2. The summed E-state index contributed by atoms with van der Waals surface area (Å²) in [6.07, 6.45) is 0.477. The van der Waals surface area contributed by atoms with Crippen LogP contribution >= 0.6 is 0 Å². The molecule has 2 aromatic carbocycles. The molecule has 2 aromatic rings.